The number of rotatable bonds is 4. The highest BCUT2D eigenvalue weighted by Gasteiger charge is 2.52. The molecule has 0 atom stereocenters. The third-order valence-electron chi connectivity index (χ3n) is 5.05. The lowest BCUT2D eigenvalue weighted by atomic mass is 9.90. The van der Waals surface area contributed by atoms with Crippen molar-refractivity contribution < 1.29 is 17.9 Å². The van der Waals surface area contributed by atoms with E-state index in [9.17, 15) is 0 Å². The van der Waals surface area contributed by atoms with Crippen molar-refractivity contribution in [3.8, 4) is 16.3 Å². The van der Waals surface area contributed by atoms with E-state index >= 15 is 8.63 Å². The highest BCUT2D eigenvalue weighted by molar-refractivity contribution is 7.13. The third-order valence-corrected chi connectivity index (χ3v) is 5.94. The first-order valence-electron chi connectivity index (χ1n) is 9.16. The molecule has 2 aliphatic rings. The van der Waals surface area contributed by atoms with Gasteiger partial charge in [-0.05, 0) is 54.8 Å². The highest BCUT2D eigenvalue weighted by atomic mass is 32.1. The molecule has 0 spiro atoms. The molecule has 2 aromatic heterocycles. The van der Waals surface area contributed by atoms with Crippen LogP contribution in [0.4, 0.5) is 8.63 Å². The fourth-order valence-corrected chi connectivity index (χ4v) is 4.62. The van der Waals surface area contributed by atoms with Crippen LogP contribution in [0.25, 0.3) is 16.6 Å². The van der Waals surface area contributed by atoms with Crippen molar-refractivity contribution in [2.75, 3.05) is 6.61 Å². The molecule has 2 aliphatic heterocycles. The Balaban J connectivity index is 1.66. The van der Waals surface area contributed by atoms with Gasteiger partial charge in [-0.25, -0.2) is 0 Å². The minimum Gasteiger partial charge on any atom is -0.494 e. The maximum Gasteiger partial charge on any atom is 0.737 e. The predicted molar refractivity (Wildman–Crippen MR) is 110 cm³/mol. The standard InChI is InChI=1S/C21H17BF2N2OS/c1-2-27-18-9-5-15(6-10-18)19-11-7-16-14-17-8-12-20(21-4-3-13-28-21)26(17)22(23,24)25(16)19/h3-14H,2H2,1H3. The summed E-state index contributed by atoms with van der Waals surface area (Å²) in [4.78, 5) is 0.833. The van der Waals surface area contributed by atoms with Crippen LogP contribution in [0.2, 0.25) is 0 Å². The van der Waals surface area contributed by atoms with Gasteiger partial charge < -0.3 is 22.3 Å². The van der Waals surface area contributed by atoms with Crippen molar-refractivity contribution in [1.82, 2.24) is 4.48 Å². The molecule has 5 rings (SSSR count). The fraction of sp³-hybridized carbons (Fsp3) is 0.0952. The van der Waals surface area contributed by atoms with E-state index in [0.29, 0.717) is 29.4 Å². The van der Waals surface area contributed by atoms with Crippen molar-refractivity contribution in [2.45, 2.75) is 6.92 Å². The van der Waals surface area contributed by atoms with E-state index in [2.05, 4.69) is 0 Å². The minimum absolute atomic E-state index is 0.496. The molecular formula is C21H17BF2N2OS. The van der Waals surface area contributed by atoms with E-state index in [1.54, 1.807) is 24.3 Å². The monoisotopic (exact) mass is 394 g/mol. The Labute approximate surface area is 165 Å². The van der Waals surface area contributed by atoms with Gasteiger partial charge in [0.05, 0.1) is 6.61 Å². The van der Waals surface area contributed by atoms with Gasteiger partial charge in [0.15, 0.2) is 11.4 Å². The van der Waals surface area contributed by atoms with E-state index in [4.69, 9.17) is 4.74 Å². The van der Waals surface area contributed by atoms with E-state index in [1.165, 1.54) is 20.3 Å². The molecular weight excluding hydrogens is 377 g/mol. The first kappa shape index (κ1) is 17.2. The number of aromatic nitrogens is 1. The molecule has 0 bridgehead atoms. The van der Waals surface area contributed by atoms with Crippen LogP contribution in [-0.4, -0.2) is 28.3 Å². The molecule has 140 valence electrons. The zero-order valence-corrected chi connectivity index (χ0v) is 16.0. The largest absolute Gasteiger partial charge is 0.737 e. The van der Waals surface area contributed by atoms with E-state index in [1.807, 2.05) is 54.8 Å². The van der Waals surface area contributed by atoms with Gasteiger partial charge in [0.1, 0.15) is 5.75 Å². The summed E-state index contributed by atoms with van der Waals surface area (Å²) < 4.78 is 39.4. The molecule has 4 heterocycles. The van der Waals surface area contributed by atoms with Gasteiger partial charge in [-0.1, -0.05) is 6.07 Å². The number of thiophene rings is 1. The molecule has 0 unspecified atom stereocenters. The lowest BCUT2D eigenvalue weighted by molar-refractivity contribution is -0.360. The molecule has 0 saturated heterocycles. The van der Waals surface area contributed by atoms with Crippen molar-refractivity contribution in [1.29, 1.82) is 0 Å². The van der Waals surface area contributed by atoms with Crippen LogP contribution in [0.15, 0.2) is 71.8 Å². The Hall–Kier alpha value is -2.93. The number of ether oxygens (including phenoxy) is 1. The third kappa shape index (κ3) is 2.50. The average Bonchev–Trinajstić information content (AvgIpc) is 3.42. The van der Waals surface area contributed by atoms with Gasteiger partial charge in [-0.3, -0.25) is 0 Å². The number of nitrogens with zero attached hydrogens (tertiary/aromatic N) is 2. The van der Waals surface area contributed by atoms with Crippen LogP contribution in [0.5, 0.6) is 5.75 Å². The van der Waals surface area contributed by atoms with Gasteiger partial charge >= 0.3 is 6.97 Å². The first-order valence-corrected chi connectivity index (χ1v) is 10.0. The van der Waals surface area contributed by atoms with E-state index < -0.39 is 6.97 Å². The van der Waals surface area contributed by atoms with Gasteiger partial charge in [0.2, 0.25) is 0 Å². The molecule has 0 saturated carbocycles. The number of hydrogen-bond acceptors (Lipinski definition) is 2. The second-order valence-corrected chi connectivity index (χ2v) is 7.64. The normalized spacial score (nSPS) is 16.8. The van der Waals surface area contributed by atoms with Crippen LogP contribution < -0.4 is 4.74 Å². The molecule has 7 heteroatoms. The summed E-state index contributed by atoms with van der Waals surface area (Å²) >= 11 is 1.46. The Morgan fingerprint density at radius 1 is 1.07 bits per heavy atom. The number of allylic oxidation sites excluding steroid dienone is 2. The van der Waals surface area contributed by atoms with Crippen LogP contribution >= 0.6 is 11.3 Å². The zero-order valence-electron chi connectivity index (χ0n) is 15.2. The summed E-state index contributed by atoms with van der Waals surface area (Å²) in [5.74, 6) is 0.730. The number of fused-ring (bicyclic) bond motifs is 2. The zero-order chi connectivity index (χ0) is 19.3. The molecule has 28 heavy (non-hydrogen) atoms. The second-order valence-electron chi connectivity index (χ2n) is 6.69. The molecule has 0 amide bonds. The first-order chi connectivity index (χ1) is 13.6. The predicted octanol–water partition coefficient (Wildman–Crippen LogP) is 5.26. The smallest absolute Gasteiger partial charge is 0.494 e. The lowest BCUT2D eigenvalue weighted by Gasteiger charge is -2.30. The Kier molecular flexibility index (Phi) is 3.87. The van der Waals surface area contributed by atoms with Gasteiger partial charge in [-0.15, -0.1) is 11.3 Å². The van der Waals surface area contributed by atoms with Crippen LogP contribution in [0.1, 0.15) is 18.2 Å². The Morgan fingerprint density at radius 2 is 1.89 bits per heavy atom. The molecule has 1 aromatic carbocycles. The number of halogens is 2. The summed E-state index contributed by atoms with van der Waals surface area (Å²) in [6, 6.07) is 14.6. The maximum atomic E-state index is 15.8. The van der Waals surface area contributed by atoms with Gasteiger partial charge in [0.25, 0.3) is 0 Å². The van der Waals surface area contributed by atoms with Crippen LogP contribution in [-0.2, 0) is 0 Å². The van der Waals surface area contributed by atoms with E-state index in [-0.39, 0.29) is 0 Å². The fourth-order valence-electron chi connectivity index (χ4n) is 3.87. The highest BCUT2D eigenvalue weighted by Crippen LogP contribution is 2.37. The van der Waals surface area contributed by atoms with Crippen LogP contribution in [0, 0.1) is 0 Å². The van der Waals surface area contributed by atoms with Crippen molar-refractivity contribution >= 4 is 30.1 Å². The number of hydrogen-bond donors (Lipinski definition) is 0. The molecule has 3 aromatic rings. The topological polar surface area (TPSA) is 17.2 Å². The lowest BCUT2D eigenvalue weighted by Crippen LogP contribution is -2.50. The second kappa shape index (κ2) is 6.31. The molecule has 3 nitrogen and oxygen atoms in total. The SMILES string of the molecule is CCOc1ccc(C2=[N+]3C(=Cc4ccc(-c5cccs5)n4[B-]3(F)F)C=C2)cc1. The van der Waals surface area contributed by atoms with Crippen molar-refractivity contribution in [3.63, 3.8) is 0 Å². The van der Waals surface area contributed by atoms with E-state index in [0.717, 1.165) is 16.2 Å². The van der Waals surface area contributed by atoms with Crippen LogP contribution in [0.3, 0.4) is 0 Å². The summed E-state index contributed by atoms with van der Waals surface area (Å²) in [7, 11) is 0. The van der Waals surface area contributed by atoms with Crippen molar-refractivity contribution in [3.05, 3.63) is 83.0 Å². The average molecular weight is 394 g/mol. The Morgan fingerprint density at radius 3 is 2.61 bits per heavy atom. The summed E-state index contributed by atoms with van der Waals surface area (Å²) in [6.07, 6.45) is 5.32. The van der Waals surface area contributed by atoms with Gasteiger partial charge in [-0.2, -0.15) is 0 Å². The Bertz CT molecular complexity index is 1140. The van der Waals surface area contributed by atoms with Crippen molar-refractivity contribution in [2.24, 2.45) is 0 Å². The quantitative estimate of drug-likeness (QED) is 0.552. The van der Waals surface area contributed by atoms with Gasteiger partial charge in [0, 0.05) is 40.1 Å². The maximum absolute atomic E-state index is 15.8. The molecule has 0 aliphatic carbocycles. The summed E-state index contributed by atoms with van der Waals surface area (Å²) in [6.45, 7) is -1.55. The molecule has 0 radical (unpaired) electrons. The minimum atomic E-state index is -4.03. The molecule has 0 N–H and O–H groups in total. The molecule has 0 fully saturated rings. The number of benzene rings is 1. The summed E-state index contributed by atoms with van der Waals surface area (Å²) in [5.41, 5.74) is 2.81. The summed E-state index contributed by atoms with van der Waals surface area (Å²) in [5, 5.41) is 1.90.